The maximum Gasteiger partial charge on any atom is 0.408 e. The second kappa shape index (κ2) is 16.4. The lowest BCUT2D eigenvalue weighted by Crippen LogP contribution is -2.60. The Balaban J connectivity index is 1.65. The van der Waals surface area contributed by atoms with Crippen molar-refractivity contribution in [3.63, 3.8) is 0 Å². The summed E-state index contributed by atoms with van der Waals surface area (Å²) in [5.74, 6) is -1.83. The van der Waals surface area contributed by atoms with Crippen LogP contribution >= 0.6 is 27.5 Å². The first-order valence-corrected chi connectivity index (χ1v) is 18.4. The fourth-order valence-corrected chi connectivity index (χ4v) is 6.60. The maximum atomic E-state index is 14.3. The molecule has 0 bridgehead atoms. The van der Waals surface area contributed by atoms with Gasteiger partial charge in [-0.2, -0.15) is 0 Å². The zero-order valence-corrected chi connectivity index (χ0v) is 32.4. The second-order valence-electron chi connectivity index (χ2n) is 15.2. The molecule has 276 valence electrons. The van der Waals surface area contributed by atoms with Gasteiger partial charge in [0.1, 0.15) is 36.4 Å². The summed E-state index contributed by atoms with van der Waals surface area (Å²) in [6.07, 6.45) is 5.90. The van der Waals surface area contributed by atoms with Crippen LogP contribution in [0.1, 0.15) is 78.7 Å². The van der Waals surface area contributed by atoms with Gasteiger partial charge in [0.2, 0.25) is 23.6 Å². The van der Waals surface area contributed by atoms with Gasteiger partial charge in [0.25, 0.3) is 0 Å². The summed E-state index contributed by atoms with van der Waals surface area (Å²) < 4.78 is 12.0. The van der Waals surface area contributed by atoms with Gasteiger partial charge >= 0.3 is 6.09 Å². The lowest BCUT2D eigenvalue weighted by atomic mass is 9.99. The maximum absolute atomic E-state index is 14.3. The number of rotatable bonds is 8. The lowest BCUT2D eigenvalue weighted by molar-refractivity contribution is -0.145. The second-order valence-corrected chi connectivity index (χ2v) is 16.5. The number of hydrogen-bond donors (Lipinski definition) is 3. The SMILES string of the molecule is CC(C)C[C@@H]1NC(=O)[C@@H](N(C)C(=O)[C@@H](NC(=O)OC(C)(C)C)C2CC2)C/C=C/OCC2(CC2)NC(=O)[C@H](Cc2cc(Cl)ccc2Br)N(C)C1=O. The number of nitrogens with zero attached hydrogens (tertiary/aromatic N) is 2. The number of carbonyl (C=O) groups excluding carboxylic acids is 5. The van der Waals surface area contributed by atoms with Gasteiger partial charge in [0.15, 0.2) is 0 Å². The zero-order chi connectivity index (χ0) is 37.0. The molecular formula is C36H51BrClN5O7. The van der Waals surface area contributed by atoms with E-state index >= 15 is 0 Å². The fraction of sp³-hybridized carbons (Fsp3) is 0.639. The molecule has 1 heterocycles. The Hall–Kier alpha value is -3.32. The van der Waals surface area contributed by atoms with Crippen molar-refractivity contribution in [1.82, 2.24) is 25.8 Å². The predicted octanol–water partition coefficient (Wildman–Crippen LogP) is 4.72. The van der Waals surface area contributed by atoms with Crippen molar-refractivity contribution in [2.24, 2.45) is 11.8 Å². The molecule has 0 radical (unpaired) electrons. The summed E-state index contributed by atoms with van der Waals surface area (Å²) in [5.41, 5.74) is -0.595. The topological polar surface area (TPSA) is 146 Å². The van der Waals surface area contributed by atoms with Gasteiger partial charge in [0.05, 0.1) is 11.8 Å². The van der Waals surface area contributed by atoms with Crippen LogP contribution in [0.25, 0.3) is 0 Å². The molecule has 50 heavy (non-hydrogen) atoms. The summed E-state index contributed by atoms with van der Waals surface area (Å²) in [6, 6.07) is 1.45. The average molecular weight is 781 g/mol. The normalized spacial score (nSPS) is 24.2. The highest BCUT2D eigenvalue weighted by Gasteiger charge is 2.47. The molecule has 2 saturated carbocycles. The van der Waals surface area contributed by atoms with E-state index in [1.54, 1.807) is 52.1 Å². The number of amides is 5. The Morgan fingerprint density at radius 1 is 1.18 bits per heavy atom. The van der Waals surface area contributed by atoms with Crippen LogP contribution < -0.4 is 16.0 Å². The van der Waals surface area contributed by atoms with E-state index in [0.29, 0.717) is 24.3 Å². The smallest absolute Gasteiger partial charge is 0.408 e. The number of benzene rings is 1. The average Bonchev–Trinajstić information content (AvgIpc) is 3.96. The number of ether oxygens (including phenoxy) is 2. The van der Waals surface area contributed by atoms with Crippen LogP contribution in [0.5, 0.6) is 0 Å². The van der Waals surface area contributed by atoms with Crippen molar-refractivity contribution in [3.8, 4) is 0 Å². The molecule has 1 aliphatic heterocycles. The lowest BCUT2D eigenvalue weighted by Gasteiger charge is -2.34. The van der Waals surface area contributed by atoms with Gasteiger partial charge in [0, 0.05) is 30.0 Å². The van der Waals surface area contributed by atoms with Crippen molar-refractivity contribution in [2.45, 2.75) is 115 Å². The van der Waals surface area contributed by atoms with Gasteiger partial charge in [-0.25, -0.2) is 4.79 Å². The van der Waals surface area contributed by atoms with E-state index < -0.39 is 59.1 Å². The molecule has 4 atom stereocenters. The summed E-state index contributed by atoms with van der Waals surface area (Å²) in [6.45, 7) is 9.30. The van der Waals surface area contributed by atoms with E-state index in [1.807, 2.05) is 13.8 Å². The van der Waals surface area contributed by atoms with Gasteiger partial charge in [-0.05, 0) is 101 Å². The number of carbonyl (C=O) groups is 5. The van der Waals surface area contributed by atoms with E-state index in [1.165, 1.54) is 23.1 Å². The number of alkyl carbamates (subject to hydrolysis) is 1. The van der Waals surface area contributed by atoms with Crippen LogP contribution in [0, 0.1) is 11.8 Å². The van der Waals surface area contributed by atoms with E-state index in [-0.39, 0.29) is 37.2 Å². The monoisotopic (exact) mass is 779 g/mol. The third-order valence-electron chi connectivity index (χ3n) is 9.16. The molecule has 1 spiro atoms. The minimum Gasteiger partial charge on any atom is -0.499 e. The number of likely N-dealkylation sites (N-methyl/N-ethyl adjacent to an activating group) is 2. The van der Waals surface area contributed by atoms with Crippen molar-refractivity contribution in [2.75, 3.05) is 20.7 Å². The largest absolute Gasteiger partial charge is 0.499 e. The predicted molar refractivity (Wildman–Crippen MR) is 193 cm³/mol. The van der Waals surface area contributed by atoms with Crippen LogP contribution in [0.2, 0.25) is 5.02 Å². The third kappa shape index (κ3) is 10.8. The number of hydrogen-bond acceptors (Lipinski definition) is 7. The first-order chi connectivity index (χ1) is 23.4. The Labute approximate surface area is 308 Å². The molecule has 1 aromatic carbocycles. The summed E-state index contributed by atoms with van der Waals surface area (Å²) >= 11 is 9.86. The summed E-state index contributed by atoms with van der Waals surface area (Å²) in [7, 11) is 3.09. The van der Waals surface area contributed by atoms with Crippen molar-refractivity contribution in [3.05, 3.63) is 45.6 Å². The molecule has 12 nitrogen and oxygen atoms in total. The first-order valence-electron chi connectivity index (χ1n) is 17.3. The van der Waals surface area contributed by atoms with Crippen LogP contribution in [0.15, 0.2) is 35.0 Å². The molecule has 2 aliphatic carbocycles. The van der Waals surface area contributed by atoms with E-state index in [9.17, 15) is 24.0 Å². The van der Waals surface area contributed by atoms with Crippen LogP contribution in [-0.2, 0) is 35.1 Å². The fourth-order valence-electron chi connectivity index (χ4n) is 5.99. The summed E-state index contributed by atoms with van der Waals surface area (Å²) in [5, 5.41) is 9.26. The minimum atomic E-state index is -1.03. The van der Waals surface area contributed by atoms with Crippen LogP contribution in [-0.4, -0.2) is 95.5 Å². The molecule has 0 saturated heterocycles. The Bertz CT molecular complexity index is 1470. The van der Waals surface area contributed by atoms with Gasteiger partial charge < -0.3 is 35.2 Å². The molecule has 5 amide bonds. The quantitative estimate of drug-likeness (QED) is 0.347. The first kappa shape index (κ1) is 39.5. The summed E-state index contributed by atoms with van der Waals surface area (Å²) in [4.78, 5) is 71.7. The highest BCUT2D eigenvalue weighted by atomic mass is 79.9. The van der Waals surface area contributed by atoms with Crippen molar-refractivity contribution in [1.29, 1.82) is 0 Å². The molecule has 1 aromatic rings. The Kier molecular flexibility index (Phi) is 12.9. The number of halogens is 2. The van der Waals surface area contributed by atoms with Crippen molar-refractivity contribution < 1.29 is 33.4 Å². The molecule has 0 unspecified atom stereocenters. The van der Waals surface area contributed by atoms with Gasteiger partial charge in [-0.3, -0.25) is 19.2 Å². The highest BCUT2D eigenvalue weighted by molar-refractivity contribution is 9.10. The third-order valence-corrected chi connectivity index (χ3v) is 10.2. The molecule has 4 rings (SSSR count). The van der Waals surface area contributed by atoms with Crippen LogP contribution in [0.3, 0.4) is 0 Å². The zero-order valence-electron chi connectivity index (χ0n) is 30.0. The molecule has 0 aromatic heterocycles. The number of nitrogens with one attached hydrogen (secondary N) is 3. The molecule has 2 fully saturated rings. The van der Waals surface area contributed by atoms with Crippen LogP contribution in [0.4, 0.5) is 4.79 Å². The molecule has 3 N–H and O–H groups in total. The van der Waals surface area contributed by atoms with Gasteiger partial charge in [-0.1, -0.05) is 41.4 Å². The molecular weight excluding hydrogens is 730 g/mol. The highest BCUT2D eigenvalue weighted by Crippen LogP contribution is 2.37. The Morgan fingerprint density at radius 3 is 2.46 bits per heavy atom. The van der Waals surface area contributed by atoms with Crippen molar-refractivity contribution >= 4 is 57.3 Å². The van der Waals surface area contributed by atoms with Gasteiger partial charge in [-0.15, -0.1) is 0 Å². The van der Waals surface area contributed by atoms with E-state index in [2.05, 4.69) is 31.9 Å². The minimum absolute atomic E-state index is 0.00667. The van der Waals surface area contributed by atoms with E-state index in [0.717, 1.165) is 22.9 Å². The molecule has 14 heteroatoms. The standard InChI is InChI=1S/C36H51BrClN5O7/c1-21(2)17-26-32(46)43(7)28(19-23-18-24(38)12-13-25(23)37)31(45)41-36(14-15-36)20-49-16-8-9-27(30(44)39-26)42(6)33(47)29(22-10-11-22)40-34(48)50-35(3,4)5/h8,12-13,16,18,21-22,26-29H,9-11,14-15,17,19-20H2,1-7H3,(H,39,44)(H,40,48)(H,41,45)/b16-8+/t26-,27-,28-,29-/m0/s1. The molecule has 3 aliphatic rings. The Morgan fingerprint density at radius 2 is 1.86 bits per heavy atom. The van der Waals surface area contributed by atoms with E-state index in [4.69, 9.17) is 21.1 Å².